The van der Waals surface area contributed by atoms with E-state index < -0.39 is 0 Å². The number of nitrogens with zero attached hydrogens (tertiary/aromatic N) is 4. The summed E-state index contributed by atoms with van der Waals surface area (Å²) < 4.78 is 12.9. The molecular formula is C19H26ClN5O2. The standard InChI is InChI=1S/C19H26ClN5O2/c1-21-19(22-7-6-14-4-5-16(26-3)10-17(14)20)25-8-9-27-18(13-25)15-11-23-24(2)12-15/h4-5,10-12,18H,6-9,13H2,1-3H3,(H,21,22). The highest BCUT2D eigenvalue weighted by atomic mass is 35.5. The maximum atomic E-state index is 6.32. The Bertz CT molecular complexity index is 792. The molecule has 0 bridgehead atoms. The van der Waals surface area contributed by atoms with E-state index in [1.165, 1.54) is 0 Å². The summed E-state index contributed by atoms with van der Waals surface area (Å²) in [6, 6.07) is 5.77. The number of morpholine rings is 1. The lowest BCUT2D eigenvalue weighted by Crippen LogP contribution is -2.48. The Hall–Kier alpha value is -2.25. The first kappa shape index (κ1) is 19.5. The largest absolute Gasteiger partial charge is 0.497 e. The Morgan fingerprint density at radius 1 is 1.48 bits per heavy atom. The zero-order valence-corrected chi connectivity index (χ0v) is 16.7. The minimum absolute atomic E-state index is 0.00188. The van der Waals surface area contributed by atoms with E-state index in [4.69, 9.17) is 21.1 Å². The molecule has 27 heavy (non-hydrogen) atoms. The molecule has 2 aromatic rings. The molecule has 146 valence electrons. The molecule has 1 aromatic carbocycles. The van der Waals surface area contributed by atoms with Gasteiger partial charge in [0.2, 0.25) is 0 Å². The average Bonchev–Trinajstić information content (AvgIpc) is 3.13. The van der Waals surface area contributed by atoms with Crippen LogP contribution in [0.4, 0.5) is 0 Å². The van der Waals surface area contributed by atoms with Crippen molar-refractivity contribution in [3.63, 3.8) is 0 Å². The van der Waals surface area contributed by atoms with Crippen molar-refractivity contribution in [2.24, 2.45) is 12.0 Å². The Kier molecular flexibility index (Phi) is 6.58. The number of methoxy groups -OCH3 is 1. The van der Waals surface area contributed by atoms with Gasteiger partial charge in [0.05, 0.1) is 26.5 Å². The van der Waals surface area contributed by atoms with Gasteiger partial charge in [0.15, 0.2) is 5.96 Å². The zero-order chi connectivity index (χ0) is 19.2. The van der Waals surface area contributed by atoms with Crippen molar-refractivity contribution in [1.29, 1.82) is 0 Å². The van der Waals surface area contributed by atoms with E-state index >= 15 is 0 Å². The number of rotatable bonds is 5. The maximum absolute atomic E-state index is 6.32. The summed E-state index contributed by atoms with van der Waals surface area (Å²) in [6.07, 6.45) is 4.66. The molecule has 1 N–H and O–H groups in total. The van der Waals surface area contributed by atoms with Crippen molar-refractivity contribution in [3.8, 4) is 5.75 Å². The molecule has 2 heterocycles. The minimum Gasteiger partial charge on any atom is -0.497 e. The maximum Gasteiger partial charge on any atom is 0.193 e. The number of aliphatic imine (C=N–C) groups is 1. The van der Waals surface area contributed by atoms with E-state index in [1.54, 1.807) is 18.8 Å². The van der Waals surface area contributed by atoms with Crippen LogP contribution < -0.4 is 10.1 Å². The first-order valence-corrected chi connectivity index (χ1v) is 9.36. The molecule has 8 heteroatoms. The van der Waals surface area contributed by atoms with Crippen LogP contribution in [-0.2, 0) is 18.2 Å². The summed E-state index contributed by atoms with van der Waals surface area (Å²) in [5.74, 6) is 1.64. The fourth-order valence-electron chi connectivity index (χ4n) is 3.15. The molecule has 0 amide bonds. The Morgan fingerprint density at radius 2 is 2.33 bits per heavy atom. The SMILES string of the molecule is CN=C(NCCc1ccc(OC)cc1Cl)N1CCOC(c2cnn(C)c2)C1. The number of aromatic nitrogens is 2. The molecule has 1 aliphatic rings. The summed E-state index contributed by atoms with van der Waals surface area (Å²) >= 11 is 6.32. The molecule has 1 aliphatic heterocycles. The van der Waals surface area contributed by atoms with Gasteiger partial charge in [0.1, 0.15) is 11.9 Å². The molecule has 1 aromatic heterocycles. The molecule has 1 saturated heterocycles. The number of nitrogens with one attached hydrogen (secondary N) is 1. The van der Waals surface area contributed by atoms with Crippen molar-refractivity contribution < 1.29 is 9.47 Å². The van der Waals surface area contributed by atoms with Gasteiger partial charge in [0, 0.05) is 44.0 Å². The van der Waals surface area contributed by atoms with Gasteiger partial charge in [-0.25, -0.2) is 0 Å². The van der Waals surface area contributed by atoms with Crippen LogP contribution in [0.3, 0.4) is 0 Å². The van der Waals surface area contributed by atoms with Crippen molar-refractivity contribution >= 4 is 17.6 Å². The Labute approximate surface area is 164 Å². The number of guanidine groups is 1. The van der Waals surface area contributed by atoms with Gasteiger partial charge in [-0.1, -0.05) is 17.7 Å². The highest BCUT2D eigenvalue weighted by Gasteiger charge is 2.25. The van der Waals surface area contributed by atoms with Gasteiger partial charge in [0.25, 0.3) is 0 Å². The lowest BCUT2D eigenvalue weighted by Gasteiger charge is -2.34. The van der Waals surface area contributed by atoms with E-state index in [0.29, 0.717) is 11.6 Å². The summed E-state index contributed by atoms with van der Waals surface area (Å²) in [4.78, 5) is 6.65. The number of halogens is 1. The van der Waals surface area contributed by atoms with Crippen LogP contribution in [0.15, 0.2) is 35.6 Å². The minimum atomic E-state index is 0.00188. The van der Waals surface area contributed by atoms with Crippen molar-refractivity contribution in [2.45, 2.75) is 12.5 Å². The van der Waals surface area contributed by atoms with Gasteiger partial charge in [-0.05, 0) is 24.1 Å². The predicted octanol–water partition coefficient (Wildman–Crippen LogP) is 2.27. The van der Waals surface area contributed by atoms with E-state index in [9.17, 15) is 0 Å². The normalized spacial score (nSPS) is 17.9. The Morgan fingerprint density at radius 3 is 3.00 bits per heavy atom. The second-order valence-electron chi connectivity index (χ2n) is 6.43. The average molecular weight is 392 g/mol. The van der Waals surface area contributed by atoms with Crippen molar-refractivity contribution in [2.75, 3.05) is 40.4 Å². The van der Waals surface area contributed by atoms with Crippen LogP contribution in [0, 0.1) is 0 Å². The molecule has 7 nitrogen and oxygen atoms in total. The van der Waals surface area contributed by atoms with Gasteiger partial charge in [-0.3, -0.25) is 9.67 Å². The lowest BCUT2D eigenvalue weighted by atomic mass is 10.1. The van der Waals surface area contributed by atoms with Crippen molar-refractivity contribution in [3.05, 3.63) is 46.7 Å². The summed E-state index contributed by atoms with van der Waals surface area (Å²) in [5, 5.41) is 8.38. The lowest BCUT2D eigenvalue weighted by molar-refractivity contribution is -0.00800. The fourth-order valence-corrected chi connectivity index (χ4v) is 3.41. The summed E-state index contributed by atoms with van der Waals surface area (Å²) in [5.41, 5.74) is 2.17. The van der Waals surface area contributed by atoms with Crippen LogP contribution in [0.25, 0.3) is 0 Å². The molecule has 1 fully saturated rings. The highest BCUT2D eigenvalue weighted by Crippen LogP contribution is 2.23. The number of ether oxygens (including phenoxy) is 2. The smallest absolute Gasteiger partial charge is 0.193 e. The third-order valence-electron chi connectivity index (χ3n) is 4.61. The van der Waals surface area contributed by atoms with Gasteiger partial charge in [-0.2, -0.15) is 5.10 Å². The molecule has 3 rings (SSSR count). The first-order chi connectivity index (χ1) is 13.1. The van der Waals surface area contributed by atoms with Crippen LogP contribution in [0.1, 0.15) is 17.2 Å². The third-order valence-corrected chi connectivity index (χ3v) is 4.96. The molecular weight excluding hydrogens is 366 g/mol. The zero-order valence-electron chi connectivity index (χ0n) is 16.0. The van der Waals surface area contributed by atoms with Crippen LogP contribution >= 0.6 is 11.6 Å². The first-order valence-electron chi connectivity index (χ1n) is 8.99. The van der Waals surface area contributed by atoms with E-state index in [1.807, 2.05) is 37.6 Å². The predicted molar refractivity (Wildman–Crippen MR) is 107 cm³/mol. The number of hydrogen-bond acceptors (Lipinski definition) is 4. The summed E-state index contributed by atoms with van der Waals surface area (Å²) in [6.45, 7) is 2.95. The van der Waals surface area contributed by atoms with Gasteiger partial charge < -0.3 is 19.7 Å². The highest BCUT2D eigenvalue weighted by molar-refractivity contribution is 6.31. The molecule has 1 unspecified atom stereocenters. The third kappa shape index (κ3) is 4.93. The second-order valence-corrected chi connectivity index (χ2v) is 6.84. The van der Waals surface area contributed by atoms with Gasteiger partial charge >= 0.3 is 0 Å². The number of benzene rings is 1. The van der Waals surface area contributed by atoms with Crippen LogP contribution in [0.2, 0.25) is 5.02 Å². The fraction of sp³-hybridized carbons (Fsp3) is 0.474. The van der Waals surface area contributed by atoms with E-state index in [0.717, 1.165) is 48.9 Å². The molecule has 0 saturated carbocycles. The second kappa shape index (κ2) is 9.10. The number of aryl methyl sites for hydroxylation is 1. The van der Waals surface area contributed by atoms with Crippen LogP contribution in [0.5, 0.6) is 5.75 Å². The van der Waals surface area contributed by atoms with Crippen molar-refractivity contribution in [1.82, 2.24) is 20.0 Å². The summed E-state index contributed by atoms with van der Waals surface area (Å²) in [7, 11) is 5.35. The molecule has 1 atom stereocenters. The van der Waals surface area contributed by atoms with Gasteiger partial charge in [-0.15, -0.1) is 0 Å². The van der Waals surface area contributed by atoms with Crippen LogP contribution in [-0.4, -0.2) is 61.0 Å². The van der Waals surface area contributed by atoms with E-state index in [2.05, 4.69) is 20.3 Å². The quantitative estimate of drug-likeness (QED) is 0.625. The van der Waals surface area contributed by atoms with E-state index in [-0.39, 0.29) is 6.10 Å². The monoisotopic (exact) mass is 391 g/mol. The Balaban J connectivity index is 1.55. The molecule has 0 aliphatic carbocycles. The molecule has 0 radical (unpaired) electrons. The molecule has 0 spiro atoms. The topological polar surface area (TPSA) is 63.9 Å². The number of hydrogen-bond donors (Lipinski definition) is 1.